The number of hydrogen-bond acceptors (Lipinski definition) is 3. The van der Waals surface area contributed by atoms with Crippen LogP contribution in [0.4, 0.5) is 11.4 Å². The number of anilines is 2. The summed E-state index contributed by atoms with van der Waals surface area (Å²) in [7, 11) is 0. The van der Waals surface area contributed by atoms with Crippen LogP contribution in [-0.2, 0) is 4.79 Å². The van der Waals surface area contributed by atoms with Crippen LogP contribution in [0.5, 0.6) is 0 Å². The minimum Gasteiger partial charge on any atom is -0.477 e. The lowest BCUT2D eigenvalue weighted by Gasteiger charge is -2.29. The van der Waals surface area contributed by atoms with E-state index >= 15 is 0 Å². The van der Waals surface area contributed by atoms with Crippen molar-refractivity contribution in [2.45, 2.75) is 12.8 Å². The number of hydrogen-bond donors (Lipinski definition) is 1. The van der Waals surface area contributed by atoms with Gasteiger partial charge in [-0.05, 0) is 66.0 Å². The first-order chi connectivity index (χ1) is 16.6. The summed E-state index contributed by atoms with van der Waals surface area (Å²) >= 11 is 0. The Bertz CT molecular complexity index is 1270. The molecule has 166 valence electrons. The minimum atomic E-state index is -1.22. The summed E-state index contributed by atoms with van der Waals surface area (Å²) in [5.41, 5.74) is 6.19. The predicted molar refractivity (Wildman–Crippen MR) is 137 cm³/mol. The first kappa shape index (κ1) is 22.6. The van der Waals surface area contributed by atoms with Gasteiger partial charge in [0.05, 0.1) is 0 Å². The van der Waals surface area contributed by atoms with Gasteiger partial charge in [0.25, 0.3) is 0 Å². The number of allylic oxidation sites excluding steroid dienone is 5. The molecule has 4 heteroatoms. The normalized spacial score (nSPS) is 13.7. The highest BCUT2D eigenvalue weighted by Gasteiger charge is 2.16. The zero-order valence-electron chi connectivity index (χ0n) is 18.6. The van der Waals surface area contributed by atoms with Gasteiger partial charge in [0, 0.05) is 17.1 Å². The van der Waals surface area contributed by atoms with E-state index in [1.54, 1.807) is 6.07 Å². The highest BCUT2D eigenvalue weighted by molar-refractivity contribution is 5.96. The fourth-order valence-corrected chi connectivity index (χ4v) is 3.82. The number of nitriles is 1. The molecule has 1 N–H and O–H groups in total. The van der Waals surface area contributed by atoms with Gasteiger partial charge in [-0.15, -0.1) is 0 Å². The van der Waals surface area contributed by atoms with Gasteiger partial charge in [0.2, 0.25) is 0 Å². The first-order valence-electron chi connectivity index (χ1n) is 11.1. The van der Waals surface area contributed by atoms with E-state index in [9.17, 15) is 4.79 Å². The van der Waals surface area contributed by atoms with Crippen LogP contribution in [0.3, 0.4) is 0 Å². The molecule has 0 bridgehead atoms. The Morgan fingerprint density at radius 1 is 0.794 bits per heavy atom. The van der Waals surface area contributed by atoms with Crippen molar-refractivity contribution in [1.82, 2.24) is 0 Å². The Balaban J connectivity index is 1.51. The highest BCUT2D eigenvalue weighted by atomic mass is 16.4. The molecular formula is C30H24N2O2. The van der Waals surface area contributed by atoms with Crippen LogP contribution >= 0.6 is 0 Å². The zero-order chi connectivity index (χ0) is 23.8. The second-order valence-electron chi connectivity index (χ2n) is 7.88. The molecule has 0 saturated heterocycles. The summed E-state index contributed by atoms with van der Waals surface area (Å²) in [6.45, 7) is 0. The molecule has 1 aliphatic rings. The van der Waals surface area contributed by atoms with E-state index in [2.05, 4.69) is 71.7 Å². The smallest absolute Gasteiger partial charge is 0.346 e. The van der Waals surface area contributed by atoms with Crippen molar-refractivity contribution < 1.29 is 9.90 Å². The SMILES string of the molecule is N#C/C(=C/c1ccc(/C=C/C2=CC=C(N(c3ccccc3)c3ccccc3)CC2)cc1)C(=O)O. The molecule has 0 unspecified atom stereocenters. The molecule has 0 aromatic heterocycles. The molecule has 0 aliphatic heterocycles. The quantitative estimate of drug-likeness (QED) is 0.311. The molecule has 1 aliphatic carbocycles. The second kappa shape index (κ2) is 10.8. The number of nitrogens with zero attached hydrogens (tertiary/aromatic N) is 2. The van der Waals surface area contributed by atoms with E-state index in [4.69, 9.17) is 10.4 Å². The first-order valence-corrected chi connectivity index (χ1v) is 11.1. The average Bonchev–Trinajstić information content (AvgIpc) is 2.89. The van der Waals surface area contributed by atoms with Gasteiger partial charge in [-0.1, -0.05) is 78.9 Å². The molecule has 0 atom stereocenters. The van der Waals surface area contributed by atoms with E-state index in [1.807, 2.05) is 42.5 Å². The maximum absolute atomic E-state index is 11.0. The van der Waals surface area contributed by atoms with Crippen LogP contribution in [-0.4, -0.2) is 11.1 Å². The average molecular weight is 445 g/mol. The maximum Gasteiger partial charge on any atom is 0.346 e. The van der Waals surface area contributed by atoms with Crippen molar-refractivity contribution in [3.05, 3.63) is 131 Å². The molecule has 0 amide bonds. The van der Waals surface area contributed by atoms with Gasteiger partial charge >= 0.3 is 5.97 Å². The minimum absolute atomic E-state index is 0.279. The number of aliphatic carboxylic acids is 1. The molecule has 0 spiro atoms. The number of rotatable bonds is 7. The van der Waals surface area contributed by atoms with Crippen molar-refractivity contribution in [3.63, 3.8) is 0 Å². The fraction of sp³-hybridized carbons (Fsp3) is 0.0667. The van der Waals surface area contributed by atoms with E-state index in [1.165, 1.54) is 17.3 Å². The number of carboxylic acids is 1. The van der Waals surface area contributed by atoms with Crippen molar-refractivity contribution in [1.29, 1.82) is 5.26 Å². The lowest BCUT2D eigenvalue weighted by atomic mass is 9.99. The Labute approximate surface area is 199 Å². The number of carboxylic acid groups (broad SMARTS) is 1. The summed E-state index contributed by atoms with van der Waals surface area (Å²) in [4.78, 5) is 13.3. The summed E-state index contributed by atoms with van der Waals surface area (Å²) in [6.07, 6.45) is 11.7. The predicted octanol–water partition coefficient (Wildman–Crippen LogP) is 7.13. The molecule has 4 rings (SSSR count). The van der Waals surface area contributed by atoms with Crippen molar-refractivity contribution in [3.8, 4) is 6.07 Å². The van der Waals surface area contributed by atoms with Gasteiger partial charge in [0.1, 0.15) is 11.6 Å². The summed E-state index contributed by atoms with van der Waals surface area (Å²) in [5, 5.41) is 17.9. The lowest BCUT2D eigenvalue weighted by Crippen LogP contribution is -2.17. The van der Waals surface area contributed by atoms with Gasteiger partial charge < -0.3 is 10.0 Å². The molecule has 0 fully saturated rings. The molecular weight excluding hydrogens is 420 g/mol. The third-order valence-electron chi connectivity index (χ3n) is 5.56. The molecule has 0 heterocycles. The monoisotopic (exact) mass is 444 g/mol. The van der Waals surface area contributed by atoms with Gasteiger partial charge in [0.15, 0.2) is 0 Å². The maximum atomic E-state index is 11.0. The number of carbonyl (C=O) groups is 1. The van der Waals surface area contributed by atoms with Crippen LogP contribution in [0.15, 0.2) is 120 Å². The summed E-state index contributed by atoms with van der Waals surface area (Å²) in [5.74, 6) is -1.22. The lowest BCUT2D eigenvalue weighted by molar-refractivity contribution is -0.132. The van der Waals surface area contributed by atoms with Crippen molar-refractivity contribution >= 4 is 29.5 Å². The van der Waals surface area contributed by atoms with Gasteiger partial charge in [-0.2, -0.15) is 5.26 Å². The number of benzene rings is 3. The molecule has 3 aromatic rings. The van der Waals surface area contributed by atoms with E-state index < -0.39 is 5.97 Å². The summed E-state index contributed by atoms with van der Waals surface area (Å²) < 4.78 is 0. The van der Waals surface area contributed by atoms with Crippen LogP contribution in [0.2, 0.25) is 0 Å². The van der Waals surface area contributed by atoms with Crippen molar-refractivity contribution in [2.24, 2.45) is 0 Å². The molecule has 3 aromatic carbocycles. The Morgan fingerprint density at radius 2 is 1.38 bits per heavy atom. The Morgan fingerprint density at radius 3 is 1.88 bits per heavy atom. The summed E-state index contributed by atoms with van der Waals surface area (Å²) in [6, 6.07) is 29.9. The standard InChI is InChI=1S/C30H24N2O2/c31-22-26(30(33)34)21-25-15-13-23(14-16-25)11-12-24-17-19-29(20-18-24)32(27-7-3-1-4-8-27)28-9-5-2-6-10-28/h1-17,19,21H,18,20H2,(H,33,34)/b12-11+,26-21-. The topological polar surface area (TPSA) is 64.3 Å². The fourth-order valence-electron chi connectivity index (χ4n) is 3.82. The van der Waals surface area contributed by atoms with Gasteiger partial charge in [-0.25, -0.2) is 4.79 Å². The molecule has 34 heavy (non-hydrogen) atoms. The third-order valence-corrected chi connectivity index (χ3v) is 5.56. The second-order valence-corrected chi connectivity index (χ2v) is 7.88. The highest BCUT2D eigenvalue weighted by Crippen LogP contribution is 2.34. The van der Waals surface area contributed by atoms with Gasteiger partial charge in [-0.3, -0.25) is 0 Å². The van der Waals surface area contributed by atoms with E-state index in [0.29, 0.717) is 5.56 Å². The van der Waals surface area contributed by atoms with Crippen molar-refractivity contribution in [2.75, 3.05) is 4.90 Å². The zero-order valence-corrected chi connectivity index (χ0v) is 18.6. The van der Waals surface area contributed by atoms with Crippen LogP contribution < -0.4 is 4.90 Å². The largest absolute Gasteiger partial charge is 0.477 e. The molecule has 0 radical (unpaired) electrons. The molecule has 4 nitrogen and oxygen atoms in total. The third kappa shape index (κ3) is 5.59. The van der Waals surface area contributed by atoms with Crippen LogP contribution in [0.25, 0.3) is 12.2 Å². The van der Waals surface area contributed by atoms with Crippen LogP contribution in [0.1, 0.15) is 24.0 Å². The Hall–Kier alpha value is -4.62. The number of para-hydroxylation sites is 2. The van der Waals surface area contributed by atoms with E-state index in [-0.39, 0.29) is 5.57 Å². The Kier molecular flexibility index (Phi) is 7.17. The molecule has 0 saturated carbocycles. The van der Waals surface area contributed by atoms with E-state index in [0.717, 1.165) is 29.8 Å². The van der Waals surface area contributed by atoms with Crippen LogP contribution in [0, 0.1) is 11.3 Å².